The molecule has 41 heavy (non-hydrogen) atoms. The summed E-state index contributed by atoms with van der Waals surface area (Å²) in [5.74, 6) is 2.22. The predicted octanol–water partition coefficient (Wildman–Crippen LogP) is 5.04. The molecule has 4 aromatic rings. The molecule has 1 aliphatic heterocycles. The van der Waals surface area contributed by atoms with Gasteiger partial charge in [-0.05, 0) is 61.6 Å². The van der Waals surface area contributed by atoms with Crippen molar-refractivity contribution in [2.45, 2.75) is 32.7 Å². The summed E-state index contributed by atoms with van der Waals surface area (Å²) in [6, 6.07) is 15.3. The fourth-order valence-corrected chi connectivity index (χ4v) is 5.54. The molecule has 0 atom stereocenters. The fourth-order valence-electron chi connectivity index (χ4n) is 4.81. The van der Waals surface area contributed by atoms with Crippen LogP contribution in [0.4, 0.5) is 17.8 Å². The van der Waals surface area contributed by atoms with Crippen molar-refractivity contribution in [1.82, 2.24) is 24.8 Å². The Hall–Kier alpha value is -3.47. The minimum Gasteiger partial charge on any atom is -0.508 e. The van der Waals surface area contributed by atoms with Crippen molar-refractivity contribution in [3.05, 3.63) is 80.8 Å². The highest BCUT2D eigenvalue weighted by Crippen LogP contribution is 2.20. The van der Waals surface area contributed by atoms with E-state index in [1.54, 1.807) is 23.5 Å². The lowest BCUT2D eigenvalue weighted by molar-refractivity contribution is 0.246. The quantitative estimate of drug-likeness (QED) is 0.235. The van der Waals surface area contributed by atoms with Crippen LogP contribution in [0.5, 0.6) is 5.75 Å². The highest BCUT2D eigenvalue weighted by Gasteiger charge is 2.22. The van der Waals surface area contributed by atoms with E-state index in [0.717, 1.165) is 79.8 Å². The number of piperazine rings is 1. The number of thiazole rings is 1. The van der Waals surface area contributed by atoms with Crippen LogP contribution < -0.4 is 15.1 Å². The van der Waals surface area contributed by atoms with Crippen LogP contribution >= 0.6 is 22.9 Å². The Labute approximate surface area is 250 Å². The van der Waals surface area contributed by atoms with Crippen LogP contribution in [0.1, 0.15) is 28.2 Å². The van der Waals surface area contributed by atoms with E-state index in [4.69, 9.17) is 26.6 Å². The van der Waals surface area contributed by atoms with Crippen LogP contribution in [-0.4, -0.2) is 76.3 Å². The fraction of sp³-hybridized carbons (Fsp3) is 0.400. The molecule has 2 N–H and O–H groups in total. The van der Waals surface area contributed by atoms with Gasteiger partial charge < -0.3 is 20.2 Å². The Morgan fingerprint density at radius 3 is 2.34 bits per heavy atom. The Balaban J connectivity index is 1.23. The number of phenols is 1. The number of halogens is 1. The van der Waals surface area contributed by atoms with Crippen molar-refractivity contribution >= 4 is 40.8 Å². The second kappa shape index (κ2) is 13.9. The van der Waals surface area contributed by atoms with E-state index in [1.165, 1.54) is 5.56 Å². The highest BCUT2D eigenvalue weighted by atomic mass is 35.5. The van der Waals surface area contributed by atoms with Crippen molar-refractivity contribution in [2.24, 2.45) is 0 Å². The van der Waals surface area contributed by atoms with E-state index in [2.05, 4.69) is 49.4 Å². The normalized spacial score (nSPS) is 13.9. The molecule has 1 aliphatic rings. The number of phenolic OH excluding ortho intramolecular Hbond substituents is 1. The first-order valence-electron chi connectivity index (χ1n) is 14.0. The van der Waals surface area contributed by atoms with Gasteiger partial charge in [-0.3, -0.25) is 4.90 Å². The maximum Gasteiger partial charge on any atom is 0.232 e. The van der Waals surface area contributed by atoms with Crippen molar-refractivity contribution < 1.29 is 5.11 Å². The summed E-state index contributed by atoms with van der Waals surface area (Å²) in [7, 11) is 2.04. The van der Waals surface area contributed by atoms with Crippen molar-refractivity contribution in [1.29, 1.82) is 0 Å². The molecule has 9 nitrogen and oxygen atoms in total. The van der Waals surface area contributed by atoms with Gasteiger partial charge in [-0.1, -0.05) is 35.9 Å². The van der Waals surface area contributed by atoms with Gasteiger partial charge in [0, 0.05) is 63.3 Å². The molecule has 0 radical (unpaired) electrons. The Bertz CT molecular complexity index is 1390. The molecule has 0 spiro atoms. The van der Waals surface area contributed by atoms with E-state index >= 15 is 0 Å². The zero-order valence-electron chi connectivity index (χ0n) is 23.6. The minimum atomic E-state index is 0.273. The molecule has 11 heteroatoms. The molecule has 0 amide bonds. The number of hydrogen-bond donors (Lipinski definition) is 2. The Morgan fingerprint density at radius 2 is 1.63 bits per heavy atom. The maximum absolute atomic E-state index is 9.56. The first-order valence-corrected chi connectivity index (χ1v) is 15.3. The molecule has 1 fully saturated rings. The predicted molar refractivity (Wildman–Crippen MR) is 168 cm³/mol. The Morgan fingerprint density at radius 1 is 0.927 bits per heavy atom. The lowest BCUT2D eigenvalue weighted by Crippen LogP contribution is -2.46. The summed E-state index contributed by atoms with van der Waals surface area (Å²) in [5, 5.41) is 17.0. The summed E-state index contributed by atoms with van der Waals surface area (Å²) < 4.78 is 0. The van der Waals surface area contributed by atoms with Crippen LogP contribution in [-0.2, 0) is 19.4 Å². The van der Waals surface area contributed by atoms with Gasteiger partial charge in [-0.25, -0.2) is 4.98 Å². The van der Waals surface area contributed by atoms with E-state index in [-0.39, 0.29) is 5.75 Å². The van der Waals surface area contributed by atoms with Gasteiger partial charge in [-0.15, -0.1) is 11.3 Å². The number of aromatic hydroxyl groups is 1. The van der Waals surface area contributed by atoms with Crippen molar-refractivity contribution in [3.8, 4) is 5.75 Å². The van der Waals surface area contributed by atoms with Crippen LogP contribution in [0.15, 0.2) is 53.9 Å². The molecule has 5 rings (SSSR count). The molecule has 0 bridgehead atoms. The van der Waals surface area contributed by atoms with Gasteiger partial charge >= 0.3 is 0 Å². The number of rotatable bonds is 12. The number of nitrogens with zero attached hydrogens (tertiary/aromatic N) is 7. The zero-order chi connectivity index (χ0) is 28.6. The van der Waals surface area contributed by atoms with Gasteiger partial charge in [0.2, 0.25) is 17.8 Å². The molecular formula is C30H37ClN8OS. The molecule has 1 saturated heterocycles. The van der Waals surface area contributed by atoms with E-state index < -0.39 is 0 Å². The van der Waals surface area contributed by atoms with Gasteiger partial charge in [0.1, 0.15) is 5.75 Å². The zero-order valence-corrected chi connectivity index (χ0v) is 25.2. The van der Waals surface area contributed by atoms with Crippen molar-refractivity contribution in [3.63, 3.8) is 0 Å². The molecular weight excluding hydrogens is 556 g/mol. The van der Waals surface area contributed by atoms with E-state index in [1.807, 2.05) is 31.3 Å². The molecule has 2 aromatic carbocycles. The number of nitrogens with one attached hydrogen (secondary N) is 1. The first-order chi connectivity index (χ1) is 19.9. The standard InChI is InChI=1S/C30H37ClN8OS/c1-22-33-26(21-41-22)20-38-16-18-39(19-17-38)30-35-28(32-14-13-24-7-11-27(40)12-8-24)34-29(36-30)37(2)15-3-4-23-5-9-25(31)10-6-23/h5-12,21,40H,3-4,13-20H2,1-2H3,(H,32,34,35,36). The summed E-state index contributed by atoms with van der Waals surface area (Å²) in [6.45, 7) is 7.97. The molecule has 0 unspecified atom stereocenters. The van der Waals surface area contributed by atoms with Gasteiger partial charge in [0.25, 0.3) is 0 Å². The molecule has 3 heterocycles. The third-order valence-electron chi connectivity index (χ3n) is 7.17. The maximum atomic E-state index is 9.56. The largest absolute Gasteiger partial charge is 0.508 e. The second-order valence-corrected chi connectivity index (χ2v) is 11.9. The molecule has 0 saturated carbocycles. The number of aryl methyl sites for hydroxylation is 2. The van der Waals surface area contributed by atoms with E-state index in [0.29, 0.717) is 24.4 Å². The smallest absolute Gasteiger partial charge is 0.232 e. The lowest BCUT2D eigenvalue weighted by atomic mass is 10.1. The monoisotopic (exact) mass is 592 g/mol. The third-order valence-corrected chi connectivity index (χ3v) is 8.24. The number of hydrogen-bond acceptors (Lipinski definition) is 10. The second-order valence-electron chi connectivity index (χ2n) is 10.4. The SMILES string of the molecule is Cc1nc(CN2CCN(c3nc(NCCc4ccc(O)cc4)nc(N(C)CCCc4ccc(Cl)cc4)n3)CC2)cs1. The number of aromatic nitrogens is 4. The van der Waals surface area contributed by atoms with Gasteiger partial charge in [0.15, 0.2) is 0 Å². The topological polar surface area (TPSA) is 93.5 Å². The van der Waals surface area contributed by atoms with Gasteiger partial charge in [-0.2, -0.15) is 15.0 Å². The molecule has 216 valence electrons. The van der Waals surface area contributed by atoms with E-state index in [9.17, 15) is 5.11 Å². The Kier molecular flexibility index (Phi) is 9.87. The third kappa shape index (κ3) is 8.51. The average molecular weight is 593 g/mol. The van der Waals surface area contributed by atoms with Crippen molar-refractivity contribution in [2.75, 3.05) is 61.4 Å². The minimum absolute atomic E-state index is 0.273. The van der Waals surface area contributed by atoms with Crippen LogP contribution in [0.3, 0.4) is 0 Å². The molecule has 0 aliphatic carbocycles. The van der Waals surface area contributed by atoms with Gasteiger partial charge in [0.05, 0.1) is 10.7 Å². The molecule has 2 aromatic heterocycles. The summed E-state index contributed by atoms with van der Waals surface area (Å²) in [6.07, 6.45) is 2.72. The first kappa shape index (κ1) is 29.0. The van der Waals surface area contributed by atoms with Crippen LogP contribution in [0.25, 0.3) is 0 Å². The number of anilines is 3. The highest BCUT2D eigenvalue weighted by molar-refractivity contribution is 7.09. The van der Waals surface area contributed by atoms with Crippen LogP contribution in [0.2, 0.25) is 5.02 Å². The lowest BCUT2D eigenvalue weighted by Gasteiger charge is -2.34. The summed E-state index contributed by atoms with van der Waals surface area (Å²) >= 11 is 7.74. The summed E-state index contributed by atoms with van der Waals surface area (Å²) in [4.78, 5) is 25.9. The number of benzene rings is 2. The average Bonchev–Trinajstić information content (AvgIpc) is 3.39. The van der Waals surface area contributed by atoms with Crippen LogP contribution in [0, 0.1) is 6.92 Å². The summed E-state index contributed by atoms with van der Waals surface area (Å²) in [5.41, 5.74) is 3.54.